The molecule has 1 spiro atoms. The van der Waals surface area contributed by atoms with Crippen molar-refractivity contribution in [3.05, 3.63) is 34.1 Å². The van der Waals surface area contributed by atoms with Crippen molar-refractivity contribution in [1.29, 1.82) is 0 Å². The van der Waals surface area contributed by atoms with Crippen LogP contribution in [0.5, 0.6) is 0 Å². The Morgan fingerprint density at radius 3 is 2.67 bits per heavy atom. The van der Waals surface area contributed by atoms with Gasteiger partial charge in [-0.2, -0.15) is 0 Å². The van der Waals surface area contributed by atoms with Gasteiger partial charge in [0.05, 0.1) is 11.0 Å². The number of carbonyl (C=O) groups excluding carboxylic acids is 2. The molecule has 0 saturated carbocycles. The average Bonchev–Trinajstić information content (AvgIpc) is 2.68. The number of nitrogens with zero attached hydrogens (tertiary/aromatic N) is 1. The van der Waals surface area contributed by atoms with E-state index in [1.807, 2.05) is 0 Å². The van der Waals surface area contributed by atoms with Crippen LogP contribution < -0.4 is 10.6 Å². The van der Waals surface area contributed by atoms with E-state index >= 15 is 0 Å². The van der Waals surface area contributed by atoms with Crippen molar-refractivity contribution in [3.63, 3.8) is 0 Å². The Kier molecular flexibility index (Phi) is 3.71. The minimum atomic E-state index is -0.764. The molecule has 112 valence electrons. The molecule has 0 aromatic heterocycles. The standard InChI is InChI=1S/C14H15BrFN3O2/c15-10-7-9(1-2-11(10)16)8-19-12(20)14(18-13(19)21)3-5-17-6-4-14/h1-2,7,17H,3-6,8H2,(H,18,21). The number of hydrogen-bond donors (Lipinski definition) is 2. The number of halogens is 2. The third kappa shape index (κ3) is 2.55. The first-order valence-corrected chi connectivity index (χ1v) is 7.60. The molecule has 3 rings (SSSR count). The quantitative estimate of drug-likeness (QED) is 0.794. The maximum atomic E-state index is 13.2. The summed E-state index contributed by atoms with van der Waals surface area (Å²) in [5, 5.41) is 6.01. The van der Waals surface area contributed by atoms with Gasteiger partial charge in [-0.05, 0) is 59.6 Å². The van der Waals surface area contributed by atoms with Gasteiger partial charge in [-0.3, -0.25) is 9.69 Å². The van der Waals surface area contributed by atoms with Crippen molar-refractivity contribution in [2.75, 3.05) is 13.1 Å². The minimum absolute atomic E-state index is 0.152. The number of piperidine rings is 1. The van der Waals surface area contributed by atoms with Gasteiger partial charge in [0.1, 0.15) is 11.4 Å². The molecule has 0 bridgehead atoms. The summed E-state index contributed by atoms with van der Waals surface area (Å²) in [6, 6.07) is 4.11. The Morgan fingerprint density at radius 1 is 1.29 bits per heavy atom. The Labute approximate surface area is 130 Å². The van der Waals surface area contributed by atoms with Crippen molar-refractivity contribution < 1.29 is 14.0 Å². The Bertz CT molecular complexity index is 602. The van der Waals surface area contributed by atoms with Gasteiger partial charge in [0, 0.05) is 0 Å². The number of nitrogens with one attached hydrogen (secondary N) is 2. The molecule has 0 radical (unpaired) electrons. The smallest absolute Gasteiger partial charge is 0.323 e. The first kappa shape index (κ1) is 14.5. The normalized spacial score (nSPS) is 21.0. The van der Waals surface area contributed by atoms with E-state index in [1.165, 1.54) is 11.0 Å². The first-order valence-electron chi connectivity index (χ1n) is 6.81. The zero-order valence-electron chi connectivity index (χ0n) is 11.3. The van der Waals surface area contributed by atoms with Gasteiger partial charge in [0.25, 0.3) is 5.91 Å². The lowest BCUT2D eigenvalue weighted by molar-refractivity contribution is -0.132. The molecule has 2 aliphatic rings. The van der Waals surface area contributed by atoms with Gasteiger partial charge < -0.3 is 10.6 Å². The molecule has 2 aliphatic heterocycles. The summed E-state index contributed by atoms with van der Waals surface area (Å²) in [6.45, 7) is 1.57. The molecule has 21 heavy (non-hydrogen) atoms. The second kappa shape index (κ2) is 5.38. The van der Waals surface area contributed by atoms with Crippen LogP contribution in [0, 0.1) is 5.82 Å². The third-order valence-electron chi connectivity index (χ3n) is 4.03. The number of amides is 3. The summed E-state index contributed by atoms with van der Waals surface area (Å²) in [5.41, 5.74) is -0.0580. The van der Waals surface area contributed by atoms with E-state index in [0.717, 1.165) is 0 Å². The van der Waals surface area contributed by atoms with Crippen molar-refractivity contribution in [3.8, 4) is 0 Å². The van der Waals surface area contributed by atoms with Crippen LogP contribution in [0.1, 0.15) is 18.4 Å². The number of imide groups is 1. The second-order valence-electron chi connectivity index (χ2n) is 5.40. The summed E-state index contributed by atoms with van der Waals surface area (Å²) in [5.74, 6) is -0.555. The molecule has 0 atom stereocenters. The predicted octanol–water partition coefficient (Wildman–Crippen LogP) is 1.76. The van der Waals surface area contributed by atoms with Crippen molar-refractivity contribution in [2.24, 2.45) is 0 Å². The van der Waals surface area contributed by atoms with E-state index in [0.29, 0.717) is 36.0 Å². The van der Waals surface area contributed by atoms with Gasteiger partial charge >= 0.3 is 6.03 Å². The van der Waals surface area contributed by atoms with Crippen LogP contribution in [-0.4, -0.2) is 35.5 Å². The van der Waals surface area contributed by atoms with Gasteiger partial charge in [-0.1, -0.05) is 6.07 Å². The largest absolute Gasteiger partial charge is 0.325 e. The second-order valence-corrected chi connectivity index (χ2v) is 6.26. The number of rotatable bonds is 2. The maximum Gasteiger partial charge on any atom is 0.325 e. The topological polar surface area (TPSA) is 61.4 Å². The molecule has 1 aromatic rings. The molecule has 3 amide bonds. The maximum absolute atomic E-state index is 13.2. The van der Waals surface area contributed by atoms with Crippen LogP contribution in [0.3, 0.4) is 0 Å². The molecule has 5 nitrogen and oxygen atoms in total. The highest BCUT2D eigenvalue weighted by atomic mass is 79.9. The van der Waals surface area contributed by atoms with Crippen molar-refractivity contribution in [2.45, 2.75) is 24.9 Å². The summed E-state index contributed by atoms with van der Waals surface area (Å²) < 4.78 is 13.6. The van der Waals surface area contributed by atoms with E-state index in [2.05, 4.69) is 26.6 Å². The van der Waals surface area contributed by atoms with Gasteiger partial charge in [0.15, 0.2) is 0 Å². The third-order valence-corrected chi connectivity index (χ3v) is 4.64. The van der Waals surface area contributed by atoms with Crippen LogP contribution in [-0.2, 0) is 11.3 Å². The van der Waals surface area contributed by atoms with Crippen molar-refractivity contribution >= 4 is 27.9 Å². The van der Waals surface area contributed by atoms with Gasteiger partial charge in [0.2, 0.25) is 0 Å². The fourth-order valence-corrected chi connectivity index (χ4v) is 3.26. The van der Waals surface area contributed by atoms with Crippen LogP contribution >= 0.6 is 15.9 Å². The number of benzene rings is 1. The highest BCUT2D eigenvalue weighted by Crippen LogP contribution is 2.28. The lowest BCUT2D eigenvalue weighted by Crippen LogP contribution is -2.53. The summed E-state index contributed by atoms with van der Waals surface area (Å²) >= 11 is 3.11. The molecule has 0 aliphatic carbocycles. The summed E-state index contributed by atoms with van der Waals surface area (Å²) in [6.07, 6.45) is 1.20. The molecule has 0 unspecified atom stereocenters. The highest BCUT2D eigenvalue weighted by molar-refractivity contribution is 9.10. The van der Waals surface area contributed by atoms with E-state index < -0.39 is 5.54 Å². The van der Waals surface area contributed by atoms with Gasteiger partial charge in [-0.25, -0.2) is 9.18 Å². The fraction of sp³-hybridized carbons (Fsp3) is 0.429. The van der Waals surface area contributed by atoms with Crippen LogP contribution in [0.25, 0.3) is 0 Å². The number of urea groups is 1. The zero-order chi connectivity index (χ0) is 15.0. The molecular weight excluding hydrogens is 341 g/mol. The molecule has 2 fully saturated rings. The molecule has 2 saturated heterocycles. The van der Waals surface area contributed by atoms with E-state index in [4.69, 9.17) is 0 Å². The lowest BCUT2D eigenvalue weighted by Gasteiger charge is -2.31. The van der Waals surface area contributed by atoms with Gasteiger partial charge in [-0.15, -0.1) is 0 Å². The summed E-state index contributed by atoms with van der Waals surface area (Å²) in [7, 11) is 0. The minimum Gasteiger partial charge on any atom is -0.323 e. The Morgan fingerprint density at radius 2 is 2.00 bits per heavy atom. The van der Waals surface area contributed by atoms with E-state index in [1.54, 1.807) is 12.1 Å². The number of hydrogen-bond acceptors (Lipinski definition) is 3. The average molecular weight is 356 g/mol. The lowest BCUT2D eigenvalue weighted by atomic mass is 9.88. The summed E-state index contributed by atoms with van der Waals surface area (Å²) in [4.78, 5) is 25.9. The Balaban J connectivity index is 1.80. The molecule has 1 aromatic carbocycles. The highest BCUT2D eigenvalue weighted by Gasteiger charge is 2.51. The molecule has 2 heterocycles. The van der Waals surface area contributed by atoms with Crippen LogP contribution in [0.2, 0.25) is 0 Å². The molecule has 7 heteroatoms. The van der Waals surface area contributed by atoms with Crippen molar-refractivity contribution in [1.82, 2.24) is 15.5 Å². The van der Waals surface area contributed by atoms with E-state index in [-0.39, 0.29) is 24.3 Å². The number of carbonyl (C=O) groups is 2. The van der Waals surface area contributed by atoms with Crippen LogP contribution in [0.4, 0.5) is 9.18 Å². The first-order chi connectivity index (χ1) is 10.0. The monoisotopic (exact) mass is 355 g/mol. The predicted molar refractivity (Wildman–Crippen MR) is 78.0 cm³/mol. The SMILES string of the molecule is O=C1NC2(CCNCC2)C(=O)N1Cc1ccc(F)c(Br)c1. The fourth-order valence-electron chi connectivity index (χ4n) is 2.83. The zero-order valence-corrected chi connectivity index (χ0v) is 12.9. The molecular formula is C14H15BrFN3O2. The van der Waals surface area contributed by atoms with E-state index in [9.17, 15) is 14.0 Å². The molecule has 2 N–H and O–H groups in total. The Hall–Kier alpha value is -1.47. The van der Waals surface area contributed by atoms with Crippen LogP contribution in [0.15, 0.2) is 22.7 Å².